The number of nitrogens with zero attached hydrogens (tertiary/aromatic N) is 2. The van der Waals surface area contributed by atoms with Crippen LogP contribution >= 0.6 is 11.3 Å². The Balaban J connectivity index is 1.47. The zero-order chi connectivity index (χ0) is 20.1. The average Bonchev–Trinajstić information content (AvgIpc) is 3.23. The fraction of sp³-hybridized carbons (Fsp3) is 0.400. The third-order valence-corrected chi connectivity index (χ3v) is 6.53. The summed E-state index contributed by atoms with van der Waals surface area (Å²) in [5.74, 6) is 0.243. The van der Waals surface area contributed by atoms with Crippen LogP contribution in [0.5, 0.6) is 0 Å². The topological polar surface area (TPSA) is 49.0 Å². The highest BCUT2D eigenvalue weighted by molar-refractivity contribution is 7.14. The van der Waals surface area contributed by atoms with Crippen molar-refractivity contribution >= 4 is 28.3 Å². The van der Waals surface area contributed by atoms with Crippen molar-refractivity contribution in [3.05, 3.63) is 51.0 Å². The molecule has 1 amide bonds. The van der Waals surface area contributed by atoms with Crippen LogP contribution in [0.4, 0.5) is 13.2 Å². The first-order valence-electron chi connectivity index (χ1n) is 9.15. The van der Waals surface area contributed by atoms with Crippen LogP contribution in [0.2, 0.25) is 0 Å². The van der Waals surface area contributed by atoms with E-state index in [-0.39, 0.29) is 11.8 Å². The van der Waals surface area contributed by atoms with Crippen LogP contribution in [0.1, 0.15) is 50.3 Å². The molecule has 4 rings (SSSR count). The minimum Gasteiger partial charge on any atom is -0.357 e. The number of aromatic amines is 1. The minimum atomic E-state index is -4.45. The van der Waals surface area contributed by atoms with Gasteiger partial charge in [0.15, 0.2) is 0 Å². The first-order chi connectivity index (χ1) is 13.2. The fourth-order valence-corrected chi connectivity index (χ4v) is 4.64. The number of likely N-dealkylation sites (tertiary alicyclic amines) is 1. The second-order valence-corrected chi connectivity index (χ2v) is 8.52. The van der Waals surface area contributed by atoms with E-state index in [0.717, 1.165) is 39.9 Å². The van der Waals surface area contributed by atoms with Gasteiger partial charge in [-0.3, -0.25) is 4.79 Å². The third-order valence-electron chi connectivity index (χ3n) is 5.39. The number of carbonyl (C=O) groups excluding carboxylic acids is 1. The molecule has 148 valence electrons. The van der Waals surface area contributed by atoms with Gasteiger partial charge in [0.2, 0.25) is 0 Å². The van der Waals surface area contributed by atoms with Crippen LogP contribution in [0.15, 0.2) is 24.3 Å². The van der Waals surface area contributed by atoms with Crippen molar-refractivity contribution < 1.29 is 18.0 Å². The summed E-state index contributed by atoms with van der Waals surface area (Å²) in [7, 11) is 0. The Hall–Kier alpha value is -2.35. The Bertz CT molecular complexity index is 1010. The number of nitrogens with one attached hydrogen (secondary N) is 1. The first kappa shape index (κ1) is 19.0. The van der Waals surface area contributed by atoms with Gasteiger partial charge < -0.3 is 9.88 Å². The number of alkyl halides is 3. The molecule has 0 unspecified atom stereocenters. The van der Waals surface area contributed by atoms with Gasteiger partial charge in [-0.25, -0.2) is 4.98 Å². The number of hydrogen-bond acceptors (Lipinski definition) is 3. The van der Waals surface area contributed by atoms with E-state index in [1.54, 1.807) is 6.07 Å². The number of halogens is 3. The smallest absolute Gasteiger partial charge is 0.357 e. The molecule has 0 bridgehead atoms. The van der Waals surface area contributed by atoms with Crippen molar-refractivity contribution in [2.24, 2.45) is 0 Å². The van der Waals surface area contributed by atoms with E-state index in [2.05, 4.69) is 9.97 Å². The largest absolute Gasteiger partial charge is 0.433 e. The lowest BCUT2D eigenvalue weighted by Gasteiger charge is -2.31. The molecule has 0 saturated carbocycles. The molecule has 4 nitrogen and oxygen atoms in total. The second-order valence-electron chi connectivity index (χ2n) is 7.27. The first-order valence-corrected chi connectivity index (χ1v) is 9.97. The highest BCUT2D eigenvalue weighted by atomic mass is 32.1. The van der Waals surface area contributed by atoms with Crippen molar-refractivity contribution in [1.82, 2.24) is 14.9 Å². The van der Waals surface area contributed by atoms with Crippen LogP contribution < -0.4 is 0 Å². The van der Waals surface area contributed by atoms with Crippen molar-refractivity contribution in [3.63, 3.8) is 0 Å². The Labute approximate surface area is 164 Å². The molecule has 1 saturated heterocycles. The van der Waals surface area contributed by atoms with Crippen LogP contribution in [0, 0.1) is 13.8 Å². The lowest BCUT2D eigenvalue weighted by atomic mass is 9.93. The van der Waals surface area contributed by atoms with Gasteiger partial charge >= 0.3 is 6.18 Å². The van der Waals surface area contributed by atoms with Gasteiger partial charge in [0, 0.05) is 29.6 Å². The lowest BCUT2D eigenvalue weighted by Crippen LogP contribution is -2.37. The van der Waals surface area contributed by atoms with E-state index in [4.69, 9.17) is 0 Å². The highest BCUT2D eigenvalue weighted by Gasteiger charge is 2.33. The molecule has 28 heavy (non-hydrogen) atoms. The van der Waals surface area contributed by atoms with E-state index in [1.807, 2.05) is 24.8 Å². The summed E-state index contributed by atoms with van der Waals surface area (Å²) in [5, 5.41) is 0. The number of amides is 1. The predicted octanol–water partition coefficient (Wildman–Crippen LogP) is 5.28. The number of H-pyrrole nitrogens is 1. The SMILES string of the molecule is Cc1cc(C(=O)N2CCC(c3cc4nc(C(F)(F)F)ccc4[nH]3)CC2)sc1C. The molecule has 0 aromatic carbocycles. The van der Waals surface area contributed by atoms with E-state index >= 15 is 0 Å². The Kier molecular flexibility index (Phi) is 4.69. The molecule has 0 spiro atoms. The van der Waals surface area contributed by atoms with E-state index in [1.165, 1.54) is 17.4 Å². The average molecular weight is 407 g/mol. The molecule has 0 radical (unpaired) electrons. The zero-order valence-corrected chi connectivity index (χ0v) is 16.4. The number of thiophene rings is 1. The van der Waals surface area contributed by atoms with Crippen LogP contribution in [0.3, 0.4) is 0 Å². The standard InChI is InChI=1S/C20H20F3N3OS/c1-11-9-17(28-12(11)2)19(27)26-7-5-13(6-8-26)15-10-16-14(24-15)3-4-18(25-16)20(21,22)23/h3-4,9-10,13,24H,5-8H2,1-2H3. The maximum absolute atomic E-state index is 12.9. The molecule has 8 heteroatoms. The monoisotopic (exact) mass is 407 g/mol. The van der Waals surface area contributed by atoms with Crippen LogP contribution in [0.25, 0.3) is 11.0 Å². The number of pyridine rings is 1. The number of aromatic nitrogens is 2. The van der Waals surface area contributed by atoms with Crippen molar-refractivity contribution in [2.45, 2.75) is 38.8 Å². The molecule has 1 N–H and O–H groups in total. The maximum Gasteiger partial charge on any atom is 0.433 e. The third kappa shape index (κ3) is 3.53. The molecule has 1 aliphatic rings. The summed E-state index contributed by atoms with van der Waals surface area (Å²) in [4.78, 5) is 23.4. The summed E-state index contributed by atoms with van der Waals surface area (Å²) in [6, 6.07) is 6.07. The van der Waals surface area contributed by atoms with Gasteiger partial charge in [-0.2, -0.15) is 13.2 Å². The molecular weight excluding hydrogens is 387 g/mol. The Morgan fingerprint density at radius 2 is 1.93 bits per heavy atom. The molecule has 1 fully saturated rings. The van der Waals surface area contributed by atoms with E-state index in [9.17, 15) is 18.0 Å². The molecule has 3 aromatic heterocycles. The molecule has 1 aliphatic heterocycles. The summed E-state index contributed by atoms with van der Waals surface area (Å²) in [6.07, 6.45) is -2.90. The van der Waals surface area contributed by atoms with Gasteiger partial charge in [-0.1, -0.05) is 0 Å². The Morgan fingerprint density at radius 1 is 1.21 bits per heavy atom. The van der Waals surface area contributed by atoms with Crippen molar-refractivity contribution in [3.8, 4) is 0 Å². The highest BCUT2D eigenvalue weighted by Crippen LogP contribution is 2.33. The molecule has 3 aromatic rings. The van der Waals surface area contributed by atoms with E-state index < -0.39 is 11.9 Å². The Morgan fingerprint density at radius 3 is 2.54 bits per heavy atom. The maximum atomic E-state index is 12.9. The van der Waals surface area contributed by atoms with E-state index in [0.29, 0.717) is 24.1 Å². The summed E-state index contributed by atoms with van der Waals surface area (Å²) in [6.45, 7) is 5.28. The lowest BCUT2D eigenvalue weighted by molar-refractivity contribution is -0.140. The minimum absolute atomic E-state index is 0.0628. The molecule has 4 heterocycles. The summed E-state index contributed by atoms with van der Waals surface area (Å²) < 4.78 is 38.6. The van der Waals surface area contributed by atoms with Gasteiger partial charge in [0.05, 0.1) is 15.9 Å². The zero-order valence-electron chi connectivity index (χ0n) is 15.6. The summed E-state index contributed by atoms with van der Waals surface area (Å²) in [5.41, 5.74) is 2.06. The van der Waals surface area contributed by atoms with Gasteiger partial charge in [0.25, 0.3) is 5.91 Å². The number of carbonyl (C=O) groups is 1. The molecule has 0 aliphatic carbocycles. The predicted molar refractivity (Wildman–Crippen MR) is 103 cm³/mol. The van der Waals surface area contributed by atoms with Gasteiger partial charge in [-0.05, 0) is 56.5 Å². The molecular formula is C20H20F3N3OS. The summed E-state index contributed by atoms with van der Waals surface area (Å²) >= 11 is 1.52. The fourth-order valence-electron chi connectivity index (χ4n) is 3.64. The quantitative estimate of drug-likeness (QED) is 0.628. The van der Waals surface area contributed by atoms with Crippen molar-refractivity contribution in [2.75, 3.05) is 13.1 Å². The van der Waals surface area contributed by atoms with Crippen LogP contribution in [-0.4, -0.2) is 33.9 Å². The van der Waals surface area contributed by atoms with Crippen molar-refractivity contribution in [1.29, 1.82) is 0 Å². The number of aryl methyl sites for hydroxylation is 2. The number of rotatable bonds is 2. The van der Waals surface area contributed by atoms with Gasteiger partial charge in [0.1, 0.15) is 5.69 Å². The van der Waals surface area contributed by atoms with Crippen LogP contribution in [-0.2, 0) is 6.18 Å². The normalized spacial score (nSPS) is 16.1. The number of piperidine rings is 1. The second kappa shape index (κ2) is 6.92. The number of fused-ring (bicyclic) bond motifs is 1. The number of hydrogen-bond donors (Lipinski definition) is 1. The molecule has 0 atom stereocenters. The van der Waals surface area contributed by atoms with Gasteiger partial charge in [-0.15, -0.1) is 11.3 Å².